The number of esters is 1. The van der Waals surface area contributed by atoms with Crippen molar-refractivity contribution in [2.24, 2.45) is 5.73 Å². The monoisotopic (exact) mass is 414 g/mol. The van der Waals surface area contributed by atoms with E-state index in [4.69, 9.17) is 5.73 Å². The van der Waals surface area contributed by atoms with Gasteiger partial charge in [0.15, 0.2) is 0 Å². The molecule has 0 aromatic heterocycles. The molecule has 2 atom stereocenters. The summed E-state index contributed by atoms with van der Waals surface area (Å²) in [4.78, 5) is 11.2. The number of ether oxygens (including phenoxy) is 1. The molecule has 0 bridgehead atoms. The largest absolute Gasteiger partial charge is 0.465 e. The van der Waals surface area contributed by atoms with Crippen LogP contribution in [0.5, 0.6) is 0 Å². The topological polar surface area (TPSA) is 89.7 Å². The minimum atomic E-state index is -3.92. The van der Waals surface area contributed by atoms with Gasteiger partial charge in [0.2, 0.25) is 10.0 Å². The van der Waals surface area contributed by atoms with E-state index in [2.05, 4.69) is 4.74 Å². The first kappa shape index (κ1) is 21.3. The molecule has 2 aromatic carbocycles. The number of methoxy groups -OCH3 is 1. The lowest BCUT2D eigenvalue weighted by atomic mass is 9.95. The van der Waals surface area contributed by atoms with Gasteiger partial charge in [-0.15, -0.1) is 12.4 Å². The highest BCUT2D eigenvalue weighted by atomic mass is 35.5. The van der Waals surface area contributed by atoms with Crippen LogP contribution >= 0.6 is 12.4 Å². The van der Waals surface area contributed by atoms with Crippen molar-refractivity contribution < 1.29 is 22.3 Å². The number of hydrogen-bond acceptors (Lipinski definition) is 5. The first-order chi connectivity index (χ1) is 12.3. The van der Waals surface area contributed by atoms with Crippen LogP contribution in [-0.4, -0.2) is 44.9 Å². The maximum absolute atomic E-state index is 14.1. The summed E-state index contributed by atoms with van der Waals surface area (Å²) in [6.45, 7) is 0.357. The highest BCUT2D eigenvalue weighted by Gasteiger charge is 2.38. The molecule has 1 fully saturated rings. The van der Waals surface area contributed by atoms with Gasteiger partial charge in [0.25, 0.3) is 0 Å². The number of halogens is 2. The molecule has 27 heavy (non-hydrogen) atoms. The van der Waals surface area contributed by atoms with E-state index in [0.29, 0.717) is 0 Å². The van der Waals surface area contributed by atoms with Crippen molar-refractivity contribution in [3.05, 3.63) is 65.5 Å². The zero-order valence-corrected chi connectivity index (χ0v) is 16.2. The third-order valence-corrected chi connectivity index (χ3v) is 6.37. The summed E-state index contributed by atoms with van der Waals surface area (Å²) in [7, 11) is -2.80. The van der Waals surface area contributed by atoms with E-state index < -0.39 is 21.8 Å². The molecule has 2 aromatic rings. The van der Waals surface area contributed by atoms with Crippen LogP contribution in [0.2, 0.25) is 0 Å². The lowest BCUT2D eigenvalue weighted by Gasteiger charge is -2.17. The molecule has 6 nitrogen and oxygen atoms in total. The summed E-state index contributed by atoms with van der Waals surface area (Å²) in [5, 5.41) is 0. The first-order valence-electron chi connectivity index (χ1n) is 8.03. The first-order valence-corrected chi connectivity index (χ1v) is 9.47. The standard InChI is InChI=1S/C18H19FN2O4S.ClH/c1-25-18(22)14-8-7-13(9-16(14)19)26(23,24)21-10-15(17(20)11-21)12-5-3-2-4-6-12;/h2-9,15,17H,10-11,20H2,1H3;1H/t15-,17+;/m0./s1. The van der Waals surface area contributed by atoms with Gasteiger partial charge in [-0.3, -0.25) is 0 Å². The summed E-state index contributed by atoms with van der Waals surface area (Å²) >= 11 is 0. The Morgan fingerprint density at radius 2 is 1.85 bits per heavy atom. The van der Waals surface area contributed by atoms with E-state index in [1.54, 1.807) is 0 Å². The zero-order chi connectivity index (χ0) is 18.9. The highest BCUT2D eigenvalue weighted by Crippen LogP contribution is 2.31. The lowest BCUT2D eigenvalue weighted by molar-refractivity contribution is 0.0595. The fourth-order valence-electron chi connectivity index (χ4n) is 3.12. The Labute approximate surface area is 163 Å². The molecule has 9 heteroatoms. The third-order valence-electron chi connectivity index (χ3n) is 4.54. The quantitative estimate of drug-likeness (QED) is 0.774. The number of benzene rings is 2. The Balaban J connectivity index is 0.00000261. The molecule has 1 aliphatic heterocycles. The Bertz CT molecular complexity index is 924. The second-order valence-electron chi connectivity index (χ2n) is 6.14. The van der Waals surface area contributed by atoms with Crippen molar-refractivity contribution in [3.63, 3.8) is 0 Å². The fraction of sp³-hybridized carbons (Fsp3) is 0.278. The molecule has 146 valence electrons. The smallest absolute Gasteiger partial charge is 0.340 e. The number of sulfonamides is 1. The van der Waals surface area contributed by atoms with Gasteiger partial charge in [-0.25, -0.2) is 17.6 Å². The van der Waals surface area contributed by atoms with Crippen LogP contribution < -0.4 is 5.73 Å². The molecule has 0 amide bonds. The Hall–Kier alpha value is -2.00. The number of carbonyl (C=O) groups is 1. The maximum atomic E-state index is 14.1. The van der Waals surface area contributed by atoms with Crippen LogP contribution in [0.3, 0.4) is 0 Å². The zero-order valence-electron chi connectivity index (χ0n) is 14.5. The average Bonchev–Trinajstić information content (AvgIpc) is 3.04. The molecule has 0 radical (unpaired) electrons. The van der Waals surface area contributed by atoms with Crippen molar-refractivity contribution in [2.45, 2.75) is 16.9 Å². The van der Waals surface area contributed by atoms with Crippen LogP contribution in [0.4, 0.5) is 4.39 Å². The van der Waals surface area contributed by atoms with Gasteiger partial charge < -0.3 is 10.5 Å². The molecular weight excluding hydrogens is 395 g/mol. The van der Waals surface area contributed by atoms with E-state index in [1.807, 2.05) is 30.3 Å². The molecule has 3 rings (SSSR count). The minimum Gasteiger partial charge on any atom is -0.465 e. The van der Waals surface area contributed by atoms with Crippen LogP contribution in [-0.2, 0) is 14.8 Å². The number of nitrogens with two attached hydrogens (primary N) is 1. The summed E-state index contributed by atoms with van der Waals surface area (Å²) < 4.78 is 45.5. The molecule has 0 saturated carbocycles. The minimum absolute atomic E-state index is 0. The second-order valence-corrected chi connectivity index (χ2v) is 8.07. The predicted octanol–water partition coefficient (Wildman–Crippen LogP) is 2.15. The molecule has 0 spiro atoms. The van der Waals surface area contributed by atoms with Gasteiger partial charge in [0.05, 0.1) is 17.6 Å². The van der Waals surface area contributed by atoms with Crippen molar-refractivity contribution in [1.29, 1.82) is 0 Å². The second kappa shape index (κ2) is 8.35. The van der Waals surface area contributed by atoms with E-state index in [1.165, 1.54) is 10.4 Å². The number of hydrogen-bond donors (Lipinski definition) is 1. The van der Waals surface area contributed by atoms with Crippen LogP contribution in [0.25, 0.3) is 0 Å². The van der Waals surface area contributed by atoms with E-state index >= 15 is 0 Å². The van der Waals surface area contributed by atoms with Crippen LogP contribution in [0.1, 0.15) is 21.8 Å². The van der Waals surface area contributed by atoms with Crippen molar-refractivity contribution in [2.75, 3.05) is 20.2 Å². The lowest BCUT2D eigenvalue weighted by Crippen LogP contribution is -2.32. The fourth-order valence-corrected chi connectivity index (χ4v) is 4.64. The van der Waals surface area contributed by atoms with Crippen LogP contribution in [0, 0.1) is 5.82 Å². The summed E-state index contributed by atoms with van der Waals surface area (Å²) in [5.41, 5.74) is 6.80. The summed E-state index contributed by atoms with van der Waals surface area (Å²) in [5.74, 6) is -1.94. The van der Waals surface area contributed by atoms with Gasteiger partial charge in [0.1, 0.15) is 5.82 Å². The molecule has 1 aliphatic rings. The van der Waals surface area contributed by atoms with Gasteiger partial charge in [-0.05, 0) is 23.8 Å². The highest BCUT2D eigenvalue weighted by molar-refractivity contribution is 7.89. The Morgan fingerprint density at radius 1 is 1.19 bits per heavy atom. The van der Waals surface area contributed by atoms with Gasteiger partial charge in [-0.1, -0.05) is 30.3 Å². The van der Waals surface area contributed by atoms with Crippen molar-refractivity contribution in [1.82, 2.24) is 4.31 Å². The Kier molecular flexibility index (Phi) is 6.59. The molecule has 0 aliphatic carbocycles. The molecule has 1 heterocycles. The summed E-state index contributed by atoms with van der Waals surface area (Å²) in [6, 6.07) is 12.2. The number of rotatable bonds is 4. The van der Waals surface area contributed by atoms with Crippen molar-refractivity contribution >= 4 is 28.4 Å². The molecule has 2 N–H and O–H groups in total. The van der Waals surface area contributed by atoms with E-state index in [0.717, 1.165) is 24.8 Å². The molecule has 0 unspecified atom stereocenters. The Morgan fingerprint density at radius 3 is 2.44 bits per heavy atom. The predicted molar refractivity (Wildman–Crippen MR) is 101 cm³/mol. The van der Waals surface area contributed by atoms with Crippen molar-refractivity contribution in [3.8, 4) is 0 Å². The average molecular weight is 415 g/mol. The number of carbonyl (C=O) groups excluding carboxylic acids is 1. The number of nitrogens with zero attached hydrogens (tertiary/aromatic N) is 1. The normalized spacial score (nSPS) is 20.1. The molecule has 1 saturated heterocycles. The summed E-state index contributed by atoms with van der Waals surface area (Å²) in [6.07, 6.45) is 0. The maximum Gasteiger partial charge on any atom is 0.340 e. The van der Waals surface area contributed by atoms with E-state index in [9.17, 15) is 17.6 Å². The van der Waals surface area contributed by atoms with Gasteiger partial charge >= 0.3 is 5.97 Å². The SMILES string of the molecule is COC(=O)c1ccc(S(=O)(=O)N2C[C@@H](N)[C@H](c3ccccc3)C2)cc1F.Cl. The molecular formula is C18H20ClFN2O4S. The van der Waals surface area contributed by atoms with Crippen LogP contribution in [0.15, 0.2) is 53.4 Å². The van der Waals surface area contributed by atoms with Gasteiger partial charge in [-0.2, -0.15) is 4.31 Å². The van der Waals surface area contributed by atoms with E-state index in [-0.39, 0.29) is 47.9 Å². The third kappa shape index (κ3) is 4.14. The van der Waals surface area contributed by atoms with Gasteiger partial charge in [0, 0.05) is 25.0 Å².